The minimum Gasteiger partial charge on any atom is -0.353 e. The topological polar surface area (TPSA) is 107 Å². The van der Waals surface area contributed by atoms with Crippen LogP contribution in [0.5, 0.6) is 0 Å². The number of carbonyl (C=O) groups is 2. The first-order chi connectivity index (χ1) is 15.6. The standard InChI is InChI=1S/C24H23N5O2S/c1-15-21(23(31)29-17-5-3-2-4-6-17)22(16-9-11-26-12-10-16)19(13-25)24(27-15)32-14-20(30)28-18-7-8-18/h2-6,9-12,18,21-22H,7-8,14H2,1H3,(H,28,30)(H,29,31)/t21?,22-/m0/s1. The summed E-state index contributed by atoms with van der Waals surface area (Å²) >= 11 is 1.24. The smallest absolute Gasteiger partial charge is 0.234 e. The van der Waals surface area contributed by atoms with Crippen molar-refractivity contribution < 1.29 is 9.59 Å². The van der Waals surface area contributed by atoms with Gasteiger partial charge in [-0.05, 0) is 49.6 Å². The maximum Gasteiger partial charge on any atom is 0.234 e. The van der Waals surface area contributed by atoms with Crippen LogP contribution in [0.4, 0.5) is 5.69 Å². The van der Waals surface area contributed by atoms with Crippen LogP contribution < -0.4 is 10.6 Å². The second-order valence-electron chi connectivity index (χ2n) is 7.81. The Morgan fingerprint density at radius 2 is 1.88 bits per heavy atom. The molecule has 1 aromatic heterocycles. The largest absolute Gasteiger partial charge is 0.353 e. The van der Waals surface area contributed by atoms with Crippen LogP contribution in [0.15, 0.2) is 70.5 Å². The lowest BCUT2D eigenvalue weighted by Gasteiger charge is -2.30. The van der Waals surface area contributed by atoms with E-state index in [1.54, 1.807) is 19.3 Å². The highest BCUT2D eigenvalue weighted by Crippen LogP contribution is 2.42. The van der Waals surface area contributed by atoms with Crippen LogP contribution in [0.1, 0.15) is 31.2 Å². The molecule has 1 saturated carbocycles. The van der Waals surface area contributed by atoms with E-state index in [2.05, 4.69) is 26.7 Å². The van der Waals surface area contributed by atoms with Crippen LogP contribution >= 0.6 is 11.8 Å². The van der Waals surface area contributed by atoms with E-state index in [0.717, 1.165) is 18.4 Å². The van der Waals surface area contributed by atoms with Crippen LogP contribution in [-0.4, -0.2) is 34.3 Å². The van der Waals surface area contributed by atoms with Gasteiger partial charge in [0.25, 0.3) is 0 Å². The highest BCUT2D eigenvalue weighted by molar-refractivity contribution is 8.03. The Balaban J connectivity index is 1.64. The number of para-hydroxylation sites is 1. The first-order valence-electron chi connectivity index (χ1n) is 10.4. The van der Waals surface area contributed by atoms with Crippen LogP contribution in [0.25, 0.3) is 0 Å². The summed E-state index contributed by atoms with van der Waals surface area (Å²) in [6.45, 7) is 1.79. The van der Waals surface area contributed by atoms with Crippen molar-refractivity contribution in [2.24, 2.45) is 10.9 Å². The second-order valence-corrected chi connectivity index (χ2v) is 8.77. The third-order valence-electron chi connectivity index (χ3n) is 5.39. The molecular weight excluding hydrogens is 422 g/mol. The number of aliphatic imine (C=N–C) groups is 1. The highest BCUT2D eigenvalue weighted by Gasteiger charge is 2.39. The zero-order valence-corrected chi connectivity index (χ0v) is 18.4. The summed E-state index contributed by atoms with van der Waals surface area (Å²) in [4.78, 5) is 34.2. The van der Waals surface area contributed by atoms with E-state index < -0.39 is 11.8 Å². The van der Waals surface area contributed by atoms with Crippen molar-refractivity contribution >= 4 is 35.0 Å². The summed E-state index contributed by atoms with van der Waals surface area (Å²) in [5.74, 6) is -1.30. The SMILES string of the molecule is CC1=NC(SCC(=O)NC2CC2)=C(C#N)[C@H](c2ccncc2)C1C(=O)Nc1ccccc1. The minimum absolute atomic E-state index is 0.0699. The molecule has 2 heterocycles. The molecule has 2 aromatic rings. The molecule has 1 fully saturated rings. The Morgan fingerprint density at radius 1 is 1.16 bits per heavy atom. The van der Waals surface area contributed by atoms with Crippen LogP contribution in [0.2, 0.25) is 0 Å². The van der Waals surface area contributed by atoms with Crippen molar-refractivity contribution in [1.82, 2.24) is 10.3 Å². The van der Waals surface area contributed by atoms with Gasteiger partial charge in [-0.2, -0.15) is 5.26 Å². The zero-order chi connectivity index (χ0) is 22.5. The first-order valence-corrected chi connectivity index (χ1v) is 11.4. The van der Waals surface area contributed by atoms with Gasteiger partial charge in [0, 0.05) is 35.8 Å². The number of allylic oxidation sites excluding steroid dienone is 1. The third kappa shape index (κ3) is 5.06. The number of hydrogen-bond acceptors (Lipinski definition) is 6. The number of thioether (sulfide) groups is 1. The molecule has 0 saturated heterocycles. The van der Waals surface area contributed by atoms with E-state index in [0.29, 0.717) is 22.0 Å². The predicted octanol–water partition coefficient (Wildman–Crippen LogP) is 3.64. The lowest BCUT2D eigenvalue weighted by Crippen LogP contribution is -2.36. The van der Waals surface area contributed by atoms with Gasteiger partial charge in [-0.3, -0.25) is 14.6 Å². The van der Waals surface area contributed by atoms with Gasteiger partial charge in [-0.25, -0.2) is 4.99 Å². The Kier molecular flexibility index (Phi) is 6.66. The number of rotatable bonds is 7. The van der Waals surface area contributed by atoms with Crippen molar-refractivity contribution in [1.29, 1.82) is 5.26 Å². The molecule has 1 aliphatic heterocycles. The van der Waals surface area contributed by atoms with Crippen molar-refractivity contribution in [2.75, 3.05) is 11.1 Å². The molecule has 2 aliphatic rings. The molecule has 2 N–H and O–H groups in total. The van der Waals surface area contributed by atoms with Gasteiger partial charge in [0.1, 0.15) is 5.03 Å². The molecule has 7 nitrogen and oxygen atoms in total. The molecule has 162 valence electrons. The highest BCUT2D eigenvalue weighted by atomic mass is 32.2. The van der Waals surface area contributed by atoms with E-state index in [1.165, 1.54) is 11.8 Å². The monoisotopic (exact) mass is 445 g/mol. The summed E-state index contributed by atoms with van der Waals surface area (Å²) in [5.41, 5.74) is 2.47. The van der Waals surface area contributed by atoms with Crippen LogP contribution in [0, 0.1) is 17.2 Å². The lowest BCUT2D eigenvalue weighted by atomic mass is 9.77. The number of benzene rings is 1. The first kappa shape index (κ1) is 21.8. The second kappa shape index (κ2) is 9.79. The van der Waals surface area contributed by atoms with E-state index in [4.69, 9.17) is 0 Å². The van der Waals surface area contributed by atoms with Gasteiger partial charge < -0.3 is 10.6 Å². The van der Waals surface area contributed by atoms with Gasteiger partial charge >= 0.3 is 0 Å². The molecule has 32 heavy (non-hydrogen) atoms. The number of amides is 2. The summed E-state index contributed by atoms with van der Waals surface area (Å²) in [6, 6.07) is 15.4. The number of pyridine rings is 1. The van der Waals surface area contributed by atoms with Crippen molar-refractivity contribution in [3.8, 4) is 6.07 Å². The van der Waals surface area contributed by atoms with Gasteiger partial charge in [0.2, 0.25) is 11.8 Å². The van der Waals surface area contributed by atoms with E-state index in [-0.39, 0.29) is 23.6 Å². The van der Waals surface area contributed by atoms with Crippen LogP contribution in [-0.2, 0) is 9.59 Å². The molecule has 8 heteroatoms. The van der Waals surface area contributed by atoms with Crippen molar-refractivity contribution in [3.05, 3.63) is 71.0 Å². The molecule has 0 bridgehead atoms. The molecule has 0 spiro atoms. The fourth-order valence-corrected chi connectivity index (χ4v) is 4.59. The number of nitrogens with zero attached hydrogens (tertiary/aromatic N) is 3. The lowest BCUT2D eigenvalue weighted by molar-refractivity contribution is -0.119. The van der Waals surface area contributed by atoms with Crippen molar-refractivity contribution in [3.63, 3.8) is 0 Å². The number of anilines is 1. The number of nitrogens with one attached hydrogen (secondary N) is 2. The Hall–Kier alpha value is -3.44. The Morgan fingerprint density at radius 3 is 2.53 bits per heavy atom. The molecule has 0 radical (unpaired) electrons. The maximum atomic E-state index is 13.3. The third-order valence-corrected chi connectivity index (χ3v) is 6.39. The fourth-order valence-electron chi connectivity index (χ4n) is 3.70. The van der Waals surface area contributed by atoms with Gasteiger partial charge in [0.05, 0.1) is 23.3 Å². The average Bonchev–Trinajstić information content (AvgIpc) is 3.62. The van der Waals surface area contributed by atoms with E-state index >= 15 is 0 Å². The maximum absolute atomic E-state index is 13.3. The Labute approximate surface area is 191 Å². The summed E-state index contributed by atoms with van der Waals surface area (Å²) in [6.07, 6.45) is 5.32. The molecule has 1 aliphatic carbocycles. The summed E-state index contributed by atoms with van der Waals surface area (Å²) in [7, 11) is 0. The van der Waals surface area contributed by atoms with Gasteiger partial charge in [0.15, 0.2) is 0 Å². The molecule has 2 atom stereocenters. The van der Waals surface area contributed by atoms with Gasteiger partial charge in [-0.15, -0.1) is 0 Å². The average molecular weight is 446 g/mol. The number of nitriles is 1. The molecule has 4 rings (SSSR count). The van der Waals surface area contributed by atoms with E-state index in [9.17, 15) is 14.9 Å². The van der Waals surface area contributed by atoms with Crippen LogP contribution in [0.3, 0.4) is 0 Å². The zero-order valence-electron chi connectivity index (χ0n) is 17.6. The number of carbonyl (C=O) groups excluding carboxylic acids is 2. The quantitative estimate of drug-likeness (QED) is 0.677. The Bertz CT molecular complexity index is 1100. The number of aromatic nitrogens is 1. The molecular formula is C24H23N5O2S. The molecule has 1 aromatic carbocycles. The van der Waals surface area contributed by atoms with Gasteiger partial charge in [-0.1, -0.05) is 30.0 Å². The normalized spacial score (nSPS) is 20.2. The van der Waals surface area contributed by atoms with E-state index in [1.807, 2.05) is 42.5 Å². The molecule has 1 unspecified atom stereocenters. The number of hydrogen-bond donors (Lipinski definition) is 2. The fraction of sp³-hybridized carbons (Fsp3) is 0.292. The summed E-state index contributed by atoms with van der Waals surface area (Å²) < 4.78 is 0. The summed E-state index contributed by atoms with van der Waals surface area (Å²) in [5, 5.41) is 16.4. The molecule has 2 amide bonds. The minimum atomic E-state index is -0.656. The predicted molar refractivity (Wildman–Crippen MR) is 125 cm³/mol. The van der Waals surface area contributed by atoms with Crippen molar-refractivity contribution in [2.45, 2.75) is 31.7 Å².